The Kier molecular flexibility index (Phi) is 4.97. The first-order valence-electron chi connectivity index (χ1n) is 4.50. The second-order valence-corrected chi connectivity index (χ2v) is 4.89. The molecule has 0 aromatic carbocycles. The molecule has 0 aromatic heterocycles. The van der Waals surface area contributed by atoms with Gasteiger partial charge in [0, 0.05) is 11.8 Å². The van der Waals surface area contributed by atoms with Crippen LogP contribution in [0.3, 0.4) is 0 Å². The Bertz CT molecular complexity index is 274. The van der Waals surface area contributed by atoms with Crippen molar-refractivity contribution in [2.24, 2.45) is 11.8 Å². The molecular formula is C9H16O4S. The van der Waals surface area contributed by atoms with E-state index >= 15 is 0 Å². The molecule has 0 fully saturated rings. The van der Waals surface area contributed by atoms with Crippen molar-refractivity contribution in [3.63, 3.8) is 0 Å². The molecule has 4 nitrogen and oxygen atoms in total. The summed E-state index contributed by atoms with van der Waals surface area (Å²) in [5.74, 6) is -1.90. The maximum atomic E-state index is 11.4. The highest BCUT2D eigenvalue weighted by molar-refractivity contribution is 7.75. The lowest BCUT2D eigenvalue weighted by Crippen LogP contribution is -2.37. The smallest absolute Gasteiger partial charge is 0.175 e. The summed E-state index contributed by atoms with van der Waals surface area (Å²) < 4.78 is 21.6. The zero-order valence-corrected chi connectivity index (χ0v) is 9.71. The Labute approximate surface area is 85.6 Å². The summed E-state index contributed by atoms with van der Waals surface area (Å²) in [7, 11) is -3.01. The maximum absolute atomic E-state index is 11.4. The van der Waals surface area contributed by atoms with Crippen LogP contribution in [0.25, 0.3) is 0 Å². The molecule has 0 saturated carbocycles. The van der Waals surface area contributed by atoms with Gasteiger partial charge in [-0.05, 0) is 0 Å². The number of carbonyl (C=O) groups excluding carboxylic acids is 2. The number of ketones is 2. The van der Waals surface area contributed by atoms with Crippen LogP contribution in [0.5, 0.6) is 0 Å². The number of thiol groups is 1. The van der Waals surface area contributed by atoms with Gasteiger partial charge >= 0.3 is 0 Å². The van der Waals surface area contributed by atoms with Gasteiger partial charge in [-0.25, -0.2) is 8.42 Å². The summed E-state index contributed by atoms with van der Waals surface area (Å²) in [4.78, 5) is 22.9. The fourth-order valence-corrected chi connectivity index (χ4v) is 1.99. The van der Waals surface area contributed by atoms with Crippen molar-refractivity contribution in [3.05, 3.63) is 0 Å². The minimum Gasteiger partial charge on any atom is -0.297 e. The molecule has 0 aromatic rings. The van der Waals surface area contributed by atoms with E-state index in [1.165, 1.54) is 0 Å². The van der Waals surface area contributed by atoms with E-state index < -0.39 is 39.4 Å². The fourth-order valence-electron chi connectivity index (χ4n) is 0.979. The van der Waals surface area contributed by atoms with E-state index in [1.807, 2.05) is 0 Å². The van der Waals surface area contributed by atoms with E-state index in [4.69, 9.17) is 0 Å². The van der Waals surface area contributed by atoms with Gasteiger partial charge in [0.05, 0.1) is 0 Å². The monoisotopic (exact) mass is 220 g/mol. The summed E-state index contributed by atoms with van der Waals surface area (Å²) >= 11 is 0. The van der Waals surface area contributed by atoms with Gasteiger partial charge in [-0.2, -0.15) is 0 Å². The van der Waals surface area contributed by atoms with Gasteiger partial charge in [-0.15, -0.1) is 0 Å². The van der Waals surface area contributed by atoms with Gasteiger partial charge in [-0.3, -0.25) is 9.59 Å². The predicted octanol–water partition coefficient (Wildman–Crippen LogP) is 0.417. The molecule has 0 bridgehead atoms. The van der Waals surface area contributed by atoms with Crippen molar-refractivity contribution >= 4 is 22.3 Å². The highest BCUT2D eigenvalue weighted by atomic mass is 32.2. The van der Waals surface area contributed by atoms with Crippen molar-refractivity contribution in [2.75, 3.05) is 0 Å². The van der Waals surface area contributed by atoms with Gasteiger partial charge in [-0.1, -0.05) is 27.7 Å². The standard InChI is InChI=1S/C9H16O4S/c1-5(2)7(10)9(14(12)13)8(11)6(3)4/h5-6,9,14H,1-4H3. The third-order valence-corrected chi connectivity index (χ3v) is 2.82. The topological polar surface area (TPSA) is 68.3 Å². The second-order valence-electron chi connectivity index (χ2n) is 3.80. The van der Waals surface area contributed by atoms with Crippen LogP contribution in [0.4, 0.5) is 0 Å². The lowest BCUT2D eigenvalue weighted by Gasteiger charge is -2.12. The Hall–Kier alpha value is -0.710. The molecule has 5 heteroatoms. The molecule has 0 amide bonds. The average Bonchev–Trinajstić information content (AvgIpc) is 2.03. The normalized spacial score (nSPS) is 11.7. The highest BCUT2D eigenvalue weighted by Crippen LogP contribution is 2.09. The van der Waals surface area contributed by atoms with E-state index in [0.717, 1.165) is 0 Å². The molecule has 0 atom stereocenters. The van der Waals surface area contributed by atoms with Crippen molar-refractivity contribution in [1.82, 2.24) is 0 Å². The van der Waals surface area contributed by atoms with Crippen molar-refractivity contribution in [1.29, 1.82) is 0 Å². The van der Waals surface area contributed by atoms with Crippen LogP contribution in [-0.4, -0.2) is 25.2 Å². The largest absolute Gasteiger partial charge is 0.297 e. The number of carbonyl (C=O) groups is 2. The summed E-state index contributed by atoms with van der Waals surface area (Å²) in [6.07, 6.45) is 0. The summed E-state index contributed by atoms with van der Waals surface area (Å²) in [5.41, 5.74) is 0. The van der Waals surface area contributed by atoms with Crippen LogP contribution in [0, 0.1) is 11.8 Å². The second kappa shape index (κ2) is 5.24. The first-order chi connectivity index (χ1) is 6.29. The number of hydrogen-bond acceptors (Lipinski definition) is 4. The maximum Gasteiger partial charge on any atom is 0.175 e. The molecule has 0 heterocycles. The third-order valence-electron chi connectivity index (χ3n) is 1.89. The quantitative estimate of drug-likeness (QED) is 0.538. The molecule has 82 valence electrons. The average molecular weight is 220 g/mol. The third kappa shape index (κ3) is 3.21. The van der Waals surface area contributed by atoms with Crippen LogP contribution in [0.2, 0.25) is 0 Å². The fraction of sp³-hybridized carbons (Fsp3) is 0.778. The zero-order valence-electron chi connectivity index (χ0n) is 8.81. The van der Waals surface area contributed by atoms with Gasteiger partial charge in [0.2, 0.25) is 0 Å². The number of Topliss-reactive ketones (excluding diaryl/α,β-unsaturated/α-hetero) is 2. The van der Waals surface area contributed by atoms with E-state index in [-0.39, 0.29) is 0 Å². The Morgan fingerprint density at radius 1 is 0.857 bits per heavy atom. The van der Waals surface area contributed by atoms with E-state index in [9.17, 15) is 18.0 Å². The number of hydrogen-bond donors (Lipinski definition) is 1. The van der Waals surface area contributed by atoms with Gasteiger partial charge in [0.15, 0.2) is 27.5 Å². The summed E-state index contributed by atoms with van der Waals surface area (Å²) in [5, 5.41) is -1.45. The van der Waals surface area contributed by atoms with Gasteiger partial charge < -0.3 is 0 Å². The lowest BCUT2D eigenvalue weighted by molar-refractivity contribution is -0.129. The van der Waals surface area contributed by atoms with E-state index in [1.54, 1.807) is 27.7 Å². The SMILES string of the molecule is CC(C)C(=O)C(C(=O)C(C)C)[SH](=O)=O. The molecule has 0 aliphatic carbocycles. The molecule has 0 radical (unpaired) electrons. The number of rotatable bonds is 5. The molecule has 0 unspecified atom stereocenters. The molecule has 0 aliphatic heterocycles. The van der Waals surface area contributed by atoms with Crippen LogP contribution in [0.1, 0.15) is 27.7 Å². The summed E-state index contributed by atoms with van der Waals surface area (Å²) in [6.45, 7) is 6.34. The minimum atomic E-state index is -3.01. The minimum absolute atomic E-state index is 0.435. The zero-order chi connectivity index (χ0) is 11.5. The summed E-state index contributed by atoms with van der Waals surface area (Å²) in [6, 6.07) is 0. The van der Waals surface area contributed by atoms with Crippen LogP contribution in [0.15, 0.2) is 0 Å². The van der Waals surface area contributed by atoms with Crippen LogP contribution < -0.4 is 0 Å². The first-order valence-corrected chi connectivity index (χ1v) is 5.74. The van der Waals surface area contributed by atoms with Crippen molar-refractivity contribution < 1.29 is 18.0 Å². The Balaban J connectivity index is 4.97. The Morgan fingerprint density at radius 2 is 1.14 bits per heavy atom. The molecule has 0 spiro atoms. The molecule has 0 rings (SSSR count). The Morgan fingerprint density at radius 3 is 1.29 bits per heavy atom. The van der Waals surface area contributed by atoms with Crippen LogP contribution >= 0.6 is 0 Å². The molecular weight excluding hydrogens is 204 g/mol. The highest BCUT2D eigenvalue weighted by Gasteiger charge is 2.32. The molecule has 0 N–H and O–H groups in total. The van der Waals surface area contributed by atoms with Gasteiger partial charge in [0.1, 0.15) is 0 Å². The first kappa shape index (κ1) is 13.3. The molecule has 0 saturated heterocycles. The lowest BCUT2D eigenvalue weighted by atomic mass is 9.98. The van der Waals surface area contributed by atoms with Crippen molar-refractivity contribution in [2.45, 2.75) is 32.9 Å². The van der Waals surface area contributed by atoms with E-state index in [2.05, 4.69) is 0 Å². The van der Waals surface area contributed by atoms with E-state index in [0.29, 0.717) is 0 Å². The molecule has 14 heavy (non-hydrogen) atoms. The molecule has 0 aliphatic rings. The van der Waals surface area contributed by atoms with Crippen LogP contribution in [-0.2, 0) is 20.3 Å². The van der Waals surface area contributed by atoms with Gasteiger partial charge in [0.25, 0.3) is 0 Å². The predicted molar refractivity (Wildman–Crippen MR) is 53.8 cm³/mol. The van der Waals surface area contributed by atoms with Crippen molar-refractivity contribution in [3.8, 4) is 0 Å².